The molecule has 0 aliphatic carbocycles. The molecule has 0 aromatic carbocycles. The zero-order chi connectivity index (χ0) is 13.6. The fourth-order valence-electron chi connectivity index (χ4n) is 1.94. The van der Waals surface area contributed by atoms with Crippen LogP contribution in [0.5, 0.6) is 5.88 Å². The van der Waals surface area contributed by atoms with E-state index in [-0.39, 0.29) is 22.8 Å². The summed E-state index contributed by atoms with van der Waals surface area (Å²) in [7, 11) is 0. The second kappa shape index (κ2) is 4.34. The molecule has 3 heterocycles. The summed E-state index contributed by atoms with van der Waals surface area (Å²) < 4.78 is 6.72. The zero-order valence-corrected chi connectivity index (χ0v) is 10.1. The van der Waals surface area contributed by atoms with Crippen LogP contribution in [0.25, 0.3) is 11.2 Å². The van der Waals surface area contributed by atoms with Crippen molar-refractivity contribution in [1.29, 1.82) is 0 Å². The first-order valence-electron chi connectivity index (χ1n) is 5.33. The second-order valence-electron chi connectivity index (χ2n) is 3.98. The first-order chi connectivity index (χ1) is 9.13. The van der Waals surface area contributed by atoms with Crippen LogP contribution in [0.1, 0.15) is 6.23 Å². The van der Waals surface area contributed by atoms with E-state index in [2.05, 4.69) is 15.0 Å². The maximum atomic E-state index is 9.93. The predicted molar refractivity (Wildman–Crippen MR) is 63.1 cm³/mol. The Morgan fingerprint density at radius 2 is 2.11 bits per heavy atom. The summed E-state index contributed by atoms with van der Waals surface area (Å²) in [5.74, 6) is -0.218. The fourth-order valence-corrected chi connectivity index (χ4v) is 2.12. The van der Waals surface area contributed by atoms with Crippen LogP contribution in [-0.4, -0.2) is 47.0 Å². The van der Waals surface area contributed by atoms with Crippen molar-refractivity contribution in [1.82, 2.24) is 19.5 Å². The highest BCUT2D eigenvalue weighted by molar-refractivity contribution is 6.25. The van der Waals surface area contributed by atoms with E-state index in [9.17, 15) is 15.3 Å². The third kappa shape index (κ3) is 1.72. The van der Waals surface area contributed by atoms with Crippen LogP contribution in [0.3, 0.4) is 0 Å². The van der Waals surface area contributed by atoms with Crippen molar-refractivity contribution in [3.63, 3.8) is 0 Å². The van der Waals surface area contributed by atoms with Crippen LogP contribution in [0.15, 0.2) is 23.9 Å². The van der Waals surface area contributed by atoms with E-state index in [1.807, 2.05) is 0 Å². The number of fused-ring (bicyclic) bond motifs is 1. The summed E-state index contributed by atoms with van der Waals surface area (Å²) in [6.45, 7) is 0. The van der Waals surface area contributed by atoms with Crippen LogP contribution in [0.4, 0.5) is 0 Å². The Morgan fingerprint density at radius 1 is 1.32 bits per heavy atom. The number of aliphatic hydroxyl groups is 2. The molecule has 9 heteroatoms. The largest absolute Gasteiger partial charge is 0.492 e. The van der Waals surface area contributed by atoms with Crippen molar-refractivity contribution in [2.24, 2.45) is 0 Å². The van der Waals surface area contributed by atoms with Gasteiger partial charge in [-0.2, -0.15) is 4.98 Å². The van der Waals surface area contributed by atoms with E-state index in [0.717, 1.165) is 11.9 Å². The molecular formula is C10H9ClN4O4. The molecule has 2 aromatic rings. The molecule has 3 rings (SSSR count). The van der Waals surface area contributed by atoms with Crippen molar-refractivity contribution in [3.8, 4) is 5.88 Å². The van der Waals surface area contributed by atoms with Gasteiger partial charge in [-0.15, -0.1) is 0 Å². The summed E-state index contributed by atoms with van der Waals surface area (Å²) in [4.78, 5) is 11.5. The first-order valence-corrected chi connectivity index (χ1v) is 5.76. The molecule has 2 aromatic heterocycles. The first kappa shape index (κ1) is 12.2. The van der Waals surface area contributed by atoms with Gasteiger partial charge in [0.15, 0.2) is 11.2 Å². The Bertz CT molecular complexity index is 658. The molecule has 0 saturated carbocycles. The highest BCUT2D eigenvalue weighted by atomic mass is 35.5. The van der Waals surface area contributed by atoms with E-state index in [0.29, 0.717) is 0 Å². The normalized spacial score (nSPS) is 29.0. The highest BCUT2D eigenvalue weighted by Crippen LogP contribution is 2.34. The zero-order valence-electron chi connectivity index (χ0n) is 9.38. The molecule has 2 unspecified atom stereocenters. The minimum atomic E-state index is -1.23. The summed E-state index contributed by atoms with van der Waals surface area (Å²) >= 11 is 5.49. The van der Waals surface area contributed by atoms with Crippen molar-refractivity contribution in [2.75, 3.05) is 0 Å². The van der Waals surface area contributed by atoms with E-state index in [1.165, 1.54) is 10.9 Å². The Hall–Kier alpha value is -1.90. The maximum absolute atomic E-state index is 9.93. The van der Waals surface area contributed by atoms with Crippen LogP contribution in [0, 0.1) is 0 Å². The molecule has 100 valence electrons. The molecule has 0 amide bonds. The molecule has 1 fully saturated rings. The number of aromatic nitrogens is 4. The van der Waals surface area contributed by atoms with Gasteiger partial charge in [-0.3, -0.25) is 4.57 Å². The molecule has 19 heavy (non-hydrogen) atoms. The summed E-state index contributed by atoms with van der Waals surface area (Å²) in [5.41, 5.74) is 1.51. The molecule has 3 N–H and O–H groups in total. The lowest BCUT2D eigenvalue weighted by molar-refractivity contribution is -0.0118. The van der Waals surface area contributed by atoms with Crippen LogP contribution in [-0.2, 0) is 4.74 Å². The fraction of sp³-hybridized carbons (Fsp3) is 0.300. The number of ether oxygens (including phenoxy) is 1. The molecule has 0 radical (unpaired) electrons. The van der Waals surface area contributed by atoms with Crippen molar-refractivity contribution in [3.05, 3.63) is 23.9 Å². The van der Waals surface area contributed by atoms with Crippen LogP contribution >= 0.6 is 11.6 Å². The number of aliphatic hydroxyl groups excluding tert-OH is 2. The van der Waals surface area contributed by atoms with E-state index in [4.69, 9.17) is 16.3 Å². The Kier molecular flexibility index (Phi) is 2.77. The third-order valence-electron chi connectivity index (χ3n) is 2.89. The second-order valence-corrected chi connectivity index (χ2v) is 4.19. The predicted octanol–water partition coefficient (Wildman–Crippen LogP) is -0.137. The number of nitrogens with zero attached hydrogens (tertiary/aromatic N) is 4. The summed E-state index contributed by atoms with van der Waals surface area (Å²) in [6, 6.07) is 0. The lowest BCUT2D eigenvalue weighted by atomic mass is 10.2. The van der Waals surface area contributed by atoms with Gasteiger partial charge in [0.05, 0.1) is 0 Å². The maximum Gasteiger partial charge on any atom is 0.242 e. The van der Waals surface area contributed by atoms with Gasteiger partial charge in [0.2, 0.25) is 12.1 Å². The van der Waals surface area contributed by atoms with Gasteiger partial charge in [-0.25, -0.2) is 9.97 Å². The average molecular weight is 285 g/mol. The smallest absolute Gasteiger partial charge is 0.242 e. The van der Waals surface area contributed by atoms with Gasteiger partial charge < -0.3 is 20.1 Å². The SMILES string of the molecule is Oc1ncnc2c1ncn2[C@@H]1O/C(=C/Cl)C(O)C1O. The van der Waals surface area contributed by atoms with Gasteiger partial charge in [0, 0.05) is 5.54 Å². The molecule has 1 aliphatic heterocycles. The molecule has 1 aliphatic rings. The standard InChI is InChI=1S/C10H9ClN4O4/c11-1-4-6(16)7(17)10(19-4)15-3-14-5-8(15)12-2-13-9(5)18/h1-3,6-7,10,16-17H,(H,12,13,18)/b4-1+/t6?,7?,10-/m1/s1. The minimum absolute atomic E-state index is 0.0549. The molecule has 0 spiro atoms. The molecule has 3 atom stereocenters. The number of hydrogen-bond donors (Lipinski definition) is 3. The van der Waals surface area contributed by atoms with Gasteiger partial charge in [0.25, 0.3) is 0 Å². The third-order valence-corrected chi connectivity index (χ3v) is 3.10. The number of imidazole rings is 1. The number of rotatable bonds is 1. The lowest BCUT2D eigenvalue weighted by Gasteiger charge is -2.15. The monoisotopic (exact) mass is 284 g/mol. The quantitative estimate of drug-likeness (QED) is 0.668. The lowest BCUT2D eigenvalue weighted by Crippen LogP contribution is -2.27. The highest BCUT2D eigenvalue weighted by Gasteiger charge is 2.41. The van der Waals surface area contributed by atoms with Crippen LogP contribution in [0.2, 0.25) is 0 Å². The van der Waals surface area contributed by atoms with Gasteiger partial charge >= 0.3 is 0 Å². The van der Waals surface area contributed by atoms with E-state index in [1.54, 1.807) is 0 Å². The van der Waals surface area contributed by atoms with Gasteiger partial charge in [-0.05, 0) is 0 Å². The molecule has 1 saturated heterocycles. The molecule has 8 nitrogen and oxygen atoms in total. The van der Waals surface area contributed by atoms with Crippen molar-refractivity contribution in [2.45, 2.75) is 18.4 Å². The Labute approximate surface area is 111 Å². The number of hydrogen-bond acceptors (Lipinski definition) is 7. The summed E-state index contributed by atoms with van der Waals surface area (Å²) in [6.07, 6.45) is -0.892. The van der Waals surface area contributed by atoms with Crippen molar-refractivity contribution >= 4 is 22.8 Å². The molecule has 0 bridgehead atoms. The average Bonchev–Trinajstić information content (AvgIpc) is 2.94. The van der Waals surface area contributed by atoms with Crippen LogP contribution < -0.4 is 0 Å². The number of halogens is 1. The van der Waals surface area contributed by atoms with E-state index >= 15 is 0 Å². The Morgan fingerprint density at radius 3 is 2.79 bits per heavy atom. The van der Waals surface area contributed by atoms with Crippen molar-refractivity contribution < 1.29 is 20.1 Å². The number of aromatic hydroxyl groups is 1. The minimum Gasteiger partial charge on any atom is -0.492 e. The van der Waals surface area contributed by atoms with E-state index < -0.39 is 18.4 Å². The Balaban J connectivity index is 2.09. The van der Waals surface area contributed by atoms with Gasteiger partial charge in [-0.1, -0.05) is 11.6 Å². The molecular weight excluding hydrogens is 276 g/mol. The summed E-state index contributed by atoms with van der Waals surface area (Å²) in [5, 5.41) is 29.2. The topological polar surface area (TPSA) is 114 Å². The van der Waals surface area contributed by atoms with Gasteiger partial charge in [0.1, 0.15) is 30.6 Å².